The maximum atomic E-state index is 12.2. The summed E-state index contributed by atoms with van der Waals surface area (Å²) in [5, 5.41) is 13.5. The van der Waals surface area contributed by atoms with E-state index in [0.29, 0.717) is 16.1 Å². The van der Waals surface area contributed by atoms with E-state index < -0.39 is 17.7 Å². The van der Waals surface area contributed by atoms with Crippen LogP contribution in [0.15, 0.2) is 58.6 Å². The minimum Gasteiger partial charge on any atom is -0.507 e. The molecule has 1 heterocycles. The van der Waals surface area contributed by atoms with Crippen LogP contribution in [0.4, 0.5) is 0 Å². The Kier molecular flexibility index (Phi) is 4.24. The van der Waals surface area contributed by atoms with Crippen LogP contribution in [0.25, 0.3) is 5.76 Å². The summed E-state index contributed by atoms with van der Waals surface area (Å²) in [6.07, 6.45) is 0. The average molecular weight is 393 g/mol. The highest BCUT2D eigenvalue weighted by Gasteiger charge is 2.40. The van der Waals surface area contributed by atoms with E-state index in [1.54, 1.807) is 48.5 Å². The molecule has 0 spiro atoms. The fourth-order valence-electron chi connectivity index (χ4n) is 2.47. The number of ketones is 1. The summed E-state index contributed by atoms with van der Waals surface area (Å²) >= 11 is 9.47. The van der Waals surface area contributed by atoms with Crippen molar-refractivity contribution in [2.24, 2.45) is 0 Å². The van der Waals surface area contributed by atoms with Crippen molar-refractivity contribution >= 4 is 45.0 Å². The Bertz CT molecular complexity index is 830. The molecule has 3 rings (SSSR count). The number of amides is 1. The summed E-state index contributed by atoms with van der Waals surface area (Å²) in [5.41, 5.74) is 1.02. The molecule has 1 aliphatic rings. The molecule has 1 saturated heterocycles. The first-order chi connectivity index (χ1) is 11.0. The lowest BCUT2D eigenvalue weighted by atomic mass is 9.96. The van der Waals surface area contributed by atoms with Gasteiger partial charge in [-0.1, -0.05) is 57.9 Å². The van der Waals surface area contributed by atoms with E-state index in [9.17, 15) is 14.7 Å². The second-order valence-electron chi connectivity index (χ2n) is 5.03. The highest BCUT2D eigenvalue weighted by Crippen LogP contribution is 2.35. The number of hydrogen-bond donors (Lipinski definition) is 2. The number of halogens is 2. The fraction of sp³-hybridized carbons (Fsp3) is 0.0588. The van der Waals surface area contributed by atoms with E-state index in [4.69, 9.17) is 11.6 Å². The van der Waals surface area contributed by atoms with Gasteiger partial charge in [-0.05, 0) is 23.8 Å². The van der Waals surface area contributed by atoms with Crippen LogP contribution in [0, 0.1) is 0 Å². The van der Waals surface area contributed by atoms with Gasteiger partial charge in [-0.2, -0.15) is 0 Å². The first-order valence-corrected chi connectivity index (χ1v) is 7.95. The monoisotopic (exact) mass is 391 g/mol. The molecule has 0 bridgehead atoms. The van der Waals surface area contributed by atoms with Crippen LogP contribution < -0.4 is 5.32 Å². The molecular weight excluding hydrogens is 382 g/mol. The van der Waals surface area contributed by atoms with Gasteiger partial charge in [0.1, 0.15) is 5.76 Å². The maximum absolute atomic E-state index is 12.2. The zero-order valence-electron chi connectivity index (χ0n) is 11.7. The van der Waals surface area contributed by atoms with Crippen molar-refractivity contribution < 1.29 is 14.7 Å². The fourth-order valence-corrected chi connectivity index (χ4v) is 2.98. The molecule has 23 heavy (non-hydrogen) atoms. The molecule has 1 aliphatic heterocycles. The first-order valence-electron chi connectivity index (χ1n) is 6.77. The average Bonchev–Trinajstić information content (AvgIpc) is 2.83. The topological polar surface area (TPSA) is 66.4 Å². The van der Waals surface area contributed by atoms with Crippen molar-refractivity contribution in [3.8, 4) is 0 Å². The van der Waals surface area contributed by atoms with Gasteiger partial charge in [0.25, 0.3) is 11.7 Å². The number of aliphatic hydroxyl groups excluding tert-OH is 1. The van der Waals surface area contributed by atoms with Gasteiger partial charge < -0.3 is 10.4 Å². The van der Waals surface area contributed by atoms with E-state index >= 15 is 0 Å². The molecule has 1 fully saturated rings. The van der Waals surface area contributed by atoms with Gasteiger partial charge in [0, 0.05) is 15.1 Å². The molecule has 1 atom stereocenters. The van der Waals surface area contributed by atoms with Crippen LogP contribution in [0.1, 0.15) is 17.2 Å². The number of Topliss-reactive ketones (excluding diaryl/α,β-unsaturated/α-hetero) is 1. The van der Waals surface area contributed by atoms with Crippen molar-refractivity contribution in [3.63, 3.8) is 0 Å². The predicted molar refractivity (Wildman–Crippen MR) is 91.0 cm³/mol. The molecule has 1 unspecified atom stereocenters. The Morgan fingerprint density at radius 3 is 2.39 bits per heavy atom. The summed E-state index contributed by atoms with van der Waals surface area (Å²) in [5.74, 6) is -1.74. The minimum atomic E-state index is -0.771. The molecule has 0 radical (unpaired) electrons. The Morgan fingerprint density at radius 1 is 1.09 bits per heavy atom. The Morgan fingerprint density at radius 2 is 1.74 bits per heavy atom. The van der Waals surface area contributed by atoms with Gasteiger partial charge in [-0.3, -0.25) is 9.59 Å². The number of benzene rings is 2. The predicted octanol–water partition coefficient (Wildman–Crippen LogP) is 3.81. The zero-order chi connectivity index (χ0) is 16.6. The lowest BCUT2D eigenvalue weighted by Crippen LogP contribution is -2.21. The van der Waals surface area contributed by atoms with Crippen molar-refractivity contribution in [2.45, 2.75) is 6.04 Å². The second kappa shape index (κ2) is 6.18. The lowest BCUT2D eigenvalue weighted by molar-refractivity contribution is -0.133. The third-order valence-corrected chi connectivity index (χ3v) is 4.48. The molecule has 2 N–H and O–H groups in total. The molecule has 0 aliphatic carbocycles. The first kappa shape index (κ1) is 15.8. The Balaban J connectivity index is 2.15. The standard InChI is InChI=1S/C17H11BrClNO3/c18-10-7-5-9(6-8-10)15(21)13-14(20-17(23)16(13)22)11-3-1-2-4-12(11)19/h1-8,14,21H,(H,20,23)/b15-13-. The van der Waals surface area contributed by atoms with Crippen LogP contribution in [0.5, 0.6) is 0 Å². The van der Waals surface area contributed by atoms with Crippen molar-refractivity contribution in [2.75, 3.05) is 0 Å². The van der Waals surface area contributed by atoms with Crippen molar-refractivity contribution in [3.05, 3.63) is 74.7 Å². The van der Waals surface area contributed by atoms with Crippen LogP contribution in [0.2, 0.25) is 5.02 Å². The van der Waals surface area contributed by atoms with E-state index in [1.165, 1.54) is 0 Å². The Hall–Kier alpha value is -2.11. The normalized spacial score (nSPS) is 19.7. The highest BCUT2D eigenvalue weighted by molar-refractivity contribution is 9.10. The lowest BCUT2D eigenvalue weighted by Gasteiger charge is -2.15. The SMILES string of the molecule is O=C1NC(c2ccccc2Cl)/C(=C(/O)c2ccc(Br)cc2)C1=O. The van der Waals surface area contributed by atoms with Crippen LogP contribution in [-0.2, 0) is 9.59 Å². The van der Waals surface area contributed by atoms with E-state index in [-0.39, 0.29) is 11.3 Å². The quantitative estimate of drug-likeness (QED) is 0.464. The smallest absolute Gasteiger partial charge is 0.293 e. The molecule has 0 saturated carbocycles. The molecule has 1 amide bonds. The number of carbonyl (C=O) groups excluding carboxylic acids is 2. The van der Waals surface area contributed by atoms with Gasteiger partial charge in [-0.25, -0.2) is 0 Å². The van der Waals surface area contributed by atoms with Crippen molar-refractivity contribution in [1.29, 1.82) is 0 Å². The van der Waals surface area contributed by atoms with Gasteiger partial charge >= 0.3 is 0 Å². The van der Waals surface area contributed by atoms with E-state index in [1.807, 2.05) is 0 Å². The number of nitrogens with one attached hydrogen (secondary N) is 1. The zero-order valence-corrected chi connectivity index (χ0v) is 14.1. The number of rotatable bonds is 2. The molecule has 6 heteroatoms. The molecule has 4 nitrogen and oxygen atoms in total. The number of hydrogen-bond acceptors (Lipinski definition) is 3. The van der Waals surface area contributed by atoms with Crippen LogP contribution in [0.3, 0.4) is 0 Å². The maximum Gasteiger partial charge on any atom is 0.293 e. The van der Waals surface area contributed by atoms with Crippen molar-refractivity contribution in [1.82, 2.24) is 5.32 Å². The largest absolute Gasteiger partial charge is 0.507 e. The third kappa shape index (κ3) is 2.90. The summed E-state index contributed by atoms with van der Waals surface area (Å²) in [6, 6.07) is 12.9. The molecule has 116 valence electrons. The van der Waals surface area contributed by atoms with Gasteiger partial charge in [-0.15, -0.1) is 0 Å². The third-order valence-electron chi connectivity index (χ3n) is 3.60. The van der Waals surface area contributed by atoms with Crippen LogP contribution >= 0.6 is 27.5 Å². The summed E-state index contributed by atoms with van der Waals surface area (Å²) in [7, 11) is 0. The highest BCUT2D eigenvalue weighted by atomic mass is 79.9. The molecule has 2 aromatic rings. The molecular formula is C17H11BrClNO3. The van der Waals surface area contributed by atoms with E-state index in [0.717, 1.165) is 4.47 Å². The van der Waals surface area contributed by atoms with Gasteiger partial charge in [0.15, 0.2) is 0 Å². The summed E-state index contributed by atoms with van der Waals surface area (Å²) in [4.78, 5) is 24.0. The molecule has 2 aromatic carbocycles. The molecule has 0 aromatic heterocycles. The summed E-state index contributed by atoms with van der Waals surface area (Å²) < 4.78 is 0.841. The van der Waals surface area contributed by atoms with Gasteiger partial charge in [0.05, 0.1) is 11.6 Å². The Labute approximate surface area is 145 Å². The number of carbonyl (C=O) groups is 2. The van der Waals surface area contributed by atoms with Gasteiger partial charge in [0.2, 0.25) is 0 Å². The van der Waals surface area contributed by atoms with Crippen LogP contribution in [-0.4, -0.2) is 16.8 Å². The summed E-state index contributed by atoms with van der Waals surface area (Å²) in [6.45, 7) is 0. The van der Waals surface area contributed by atoms with E-state index in [2.05, 4.69) is 21.2 Å². The second-order valence-corrected chi connectivity index (χ2v) is 6.35. The minimum absolute atomic E-state index is 0.00502. The number of aliphatic hydroxyl groups is 1.